The van der Waals surface area contributed by atoms with Gasteiger partial charge in [0.2, 0.25) is 0 Å². The molecule has 128 valence electrons. The Balaban J connectivity index is 0.00000264. The largest absolute Gasteiger partial charge is 0.416 e. The van der Waals surface area contributed by atoms with Crippen LogP contribution >= 0.6 is 23.7 Å². The fraction of sp³-hybridized carbons (Fsp3) is 0.400. The zero-order valence-corrected chi connectivity index (χ0v) is 14.4. The highest BCUT2D eigenvalue weighted by Gasteiger charge is 2.31. The lowest BCUT2D eigenvalue weighted by molar-refractivity contribution is -0.137. The number of anilines is 1. The van der Waals surface area contributed by atoms with Crippen LogP contribution in [0.1, 0.15) is 35.9 Å². The Hall–Kier alpha value is -1.31. The molecule has 1 aromatic heterocycles. The zero-order chi connectivity index (χ0) is 16.3. The topological polar surface area (TPSA) is 42.2 Å². The fourth-order valence-electron chi connectivity index (χ4n) is 2.30. The smallest absolute Gasteiger partial charge is 0.375 e. The van der Waals surface area contributed by atoms with Crippen molar-refractivity contribution in [2.24, 2.45) is 0 Å². The van der Waals surface area contributed by atoms with Gasteiger partial charge in [0.15, 0.2) is 5.13 Å². The van der Waals surface area contributed by atoms with E-state index in [9.17, 15) is 13.2 Å². The molecule has 0 saturated carbocycles. The molecule has 23 heavy (non-hydrogen) atoms. The van der Waals surface area contributed by atoms with E-state index in [0.717, 1.165) is 17.5 Å². The average molecular weight is 366 g/mol. The molecule has 2 N–H and O–H groups in total. The number of hydrogen-bond acceptors (Lipinski definition) is 4. The first-order chi connectivity index (χ1) is 10.3. The Labute approximate surface area is 143 Å². The van der Waals surface area contributed by atoms with Gasteiger partial charge in [-0.25, -0.2) is 4.98 Å². The minimum absolute atomic E-state index is 0. The van der Waals surface area contributed by atoms with Crippen LogP contribution in [0.25, 0.3) is 0 Å². The van der Waals surface area contributed by atoms with Crippen LogP contribution in [-0.2, 0) is 12.7 Å². The van der Waals surface area contributed by atoms with Crippen LogP contribution in [0, 0.1) is 0 Å². The van der Waals surface area contributed by atoms with Crippen LogP contribution in [0.4, 0.5) is 18.3 Å². The molecular formula is C15H19ClF3N3S. The third kappa shape index (κ3) is 5.09. The number of alkyl halides is 3. The number of hydrogen-bond donors (Lipinski definition) is 1. The lowest BCUT2D eigenvalue weighted by Gasteiger charge is -2.28. The van der Waals surface area contributed by atoms with Crippen molar-refractivity contribution in [1.29, 1.82) is 0 Å². The highest BCUT2D eigenvalue weighted by atomic mass is 35.5. The SMILES string of the molecule is CCN(Cc1cnc(N)s1)C(C)c1cccc(C(F)(F)F)c1.Cl. The second-order valence-electron chi connectivity index (χ2n) is 5.03. The highest BCUT2D eigenvalue weighted by molar-refractivity contribution is 7.15. The maximum Gasteiger partial charge on any atom is 0.416 e. The molecule has 1 heterocycles. The van der Waals surface area contributed by atoms with E-state index in [0.29, 0.717) is 17.2 Å². The minimum Gasteiger partial charge on any atom is -0.375 e. The van der Waals surface area contributed by atoms with Gasteiger partial charge in [-0.2, -0.15) is 13.2 Å². The Kier molecular flexibility index (Phi) is 6.85. The quantitative estimate of drug-likeness (QED) is 0.831. The van der Waals surface area contributed by atoms with Gasteiger partial charge in [-0.05, 0) is 31.2 Å². The number of nitrogens with two attached hydrogens (primary N) is 1. The van der Waals surface area contributed by atoms with Gasteiger partial charge >= 0.3 is 6.18 Å². The van der Waals surface area contributed by atoms with Gasteiger partial charge in [0.25, 0.3) is 0 Å². The lowest BCUT2D eigenvalue weighted by atomic mass is 10.0. The van der Waals surface area contributed by atoms with Gasteiger partial charge < -0.3 is 5.73 Å². The van der Waals surface area contributed by atoms with E-state index in [1.807, 2.05) is 13.8 Å². The van der Waals surface area contributed by atoms with Crippen molar-refractivity contribution in [3.8, 4) is 0 Å². The third-order valence-electron chi connectivity index (χ3n) is 3.58. The van der Waals surface area contributed by atoms with E-state index in [1.165, 1.54) is 23.5 Å². The first-order valence-corrected chi connectivity index (χ1v) is 7.74. The molecule has 0 saturated heterocycles. The summed E-state index contributed by atoms with van der Waals surface area (Å²) in [6, 6.07) is 5.36. The monoisotopic (exact) mass is 365 g/mol. The van der Waals surface area contributed by atoms with Crippen LogP contribution in [0.2, 0.25) is 0 Å². The van der Waals surface area contributed by atoms with Crippen LogP contribution in [-0.4, -0.2) is 16.4 Å². The van der Waals surface area contributed by atoms with Crippen LogP contribution < -0.4 is 5.73 Å². The Morgan fingerprint density at radius 1 is 1.35 bits per heavy atom. The summed E-state index contributed by atoms with van der Waals surface area (Å²) in [6.07, 6.45) is -2.61. The van der Waals surface area contributed by atoms with Crippen molar-refractivity contribution < 1.29 is 13.2 Å². The predicted octanol–water partition coefficient (Wildman–Crippen LogP) is 4.75. The molecule has 3 nitrogen and oxygen atoms in total. The van der Waals surface area contributed by atoms with Crippen molar-refractivity contribution in [3.05, 3.63) is 46.5 Å². The third-order valence-corrected chi connectivity index (χ3v) is 4.39. The summed E-state index contributed by atoms with van der Waals surface area (Å²) in [5.74, 6) is 0. The highest BCUT2D eigenvalue weighted by Crippen LogP contribution is 2.32. The number of halogens is 4. The van der Waals surface area contributed by atoms with Crippen molar-refractivity contribution in [2.75, 3.05) is 12.3 Å². The summed E-state index contributed by atoms with van der Waals surface area (Å²) in [6.45, 7) is 5.22. The molecule has 0 aliphatic rings. The first-order valence-electron chi connectivity index (χ1n) is 6.92. The average Bonchev–Trinajstić information content (AvgIpc) is 2.88. The lowest BCUT2D eigenvalue weighted by Crippen LogP contribution is -2.26. The van der Waals surface area contributed by atoms with Crippen molar-refractivity contribution in [3.63, 3.8) is 0 Å². The van der Waals surface area contributed by atoms with Gasteiger partial charge in [-0.3, -0.25) is 4.90 Å². The molecule has 0 aliphatic heterocycles. The van der Waals surface area contributed by atoms with Crippen molar-refractivity contribution in [1.82, 2.24) is 9.88 Å². The predicted molar refractivity (Wildman–Crippen MR) is 89.7 cm³/mol. The number of aromatic nitrogens is 1. The molecule has 0 fully saturated rings. The van der Waals surface area contributed by atoms with E-state index in [4.69, 9.17) is 5.73 Å². The summed E-state index contributed by atoms with van der Waals surface area (Å²) >= 11 is 1.40. The molecule has 0 spiro atoms. The summed E-state index contributed by atoms with van der Waals surface area (Å²) in [5, 5.41) is 0.498. The summed E-state index contributed by atoms with van der Waals surface area (Å²) in [5.41, 5.74) is 5.65. The molecule has 1 unspecified atom stereocenters. The van der Waals surface area contributed by atoms with Crippen LogP contribution in [0.3, 0.4) is 0 Å². The van der Waals surface area contributed by atoms with Gasteiger partial charge in [-0.15, -0.1) is 23.7 Å². The second kappa shape index (κ2) is 7.99. The molecule has 8 heteroatoms. The Bertz CT molecular complexity index is 630. The Morgan fingerprint density at radius 2 is 2.04 bits per heavy atom. The van der Waals surface area contributed by atoms with E-state index < -0.39 is 11.7 Å². The number of nitrogens with zero attached hydrogens (tertiary/aromatic N) is 2. The summed E-state index contributed by atoms with van der Waals surface area (Å²) < 4.78 is 38.5. The van der Waals surface area contributed by atoms with Gasteiger partial charge in [0.05, 0.1) is 5.56 Å². The number of thiazole rings is 1. The summed E-state index contributed by atoms with van der Waals surface area (Å²) in [4.78, 5) is 7.09. The van der Waals surface area contributed by atoms with Gasteiger partial charge in [-0.1, -0.05) is 19.1 Å². The van der Waals surface area contributed by atoms with Gasteiger partial charge in [0.1, 0.15) is 0 Å². The molecule has 0 radical (unpaired) electrons. The number of nitrogen functional groups attached to an aromatic ring is 1. The summed E-state index contributed by atoms with van der Waals surface area (Å²) in [7, 11) is 0. The van der Waals surface area contributed by atoms with Crippen molar-refractivity contribution >= 4 is 28.9 Å². The molecule has 1 atom stereocenters. The van der Waals surface area contributed by atoms with Gasteiger partial charge in [0, 0.05) is 23.7 Å². The van der Waals surface area contributed by atoms with E-state index in [1.54, 1.807) is 12.3 Å². The molecule has 0 amide bonds. The second-order valence-corrected chi connectivity index (χ2v) is 6.17. The maximum absolute atomic E-state index is 12.8. The van der Waals surface area contributed by atoms with E-state index in [2.05, 4.69) is 9.88 Å². The molecule has 1 aromatic carbocycles. The minimum atomic E-state index is -4.32. The van der Waals surface area contributed by atoms with Crippen LogP contribution in [0.5, 0.6) is 0 Å². The number of rotatable bonds is 5. The molecule has 2 rings (SSSR count). The Morgan fingerprint density at radius 3 is 2.57 bits per heavy atom. The standard InChI is InChI=1S/C15H18F3N3S.ClH/c1-3-21(9-13-8-20-14(19)22-13)10(2)11-5-4-6-12(7-11)15(16,17)18;/h4-8,10H,3,9H2,1-2H3,(H2,19,20);1H. The molecule has 0 bridgehead atoms. The fourth-order valence-corrected chi connectivity index (χ4v) is 3.01. The molecular weight excluding hydrogens is 347 g/mol. The number of benzene rings is 1. The zero-order valence-electron chi connectivity index (χ0n) is 12.8. The molecule has 2 aromatic rings. The normalized spacial score (nSPS) is 13.0. The maximum atomic E-state index is 12.8. The van der Waals surface area contributed by atoms with Crippen LogP contribution in [0.15, 0.2) is 30.5 Å². The first kappa shape index (κ1) is 19.7. The molecule has 0 aliphatic carbocycles. The van der Waals surface area contributed by atoms with E-state index >= 15 is 0 Å². The van der Waals surface area contributed by atoms with Crippen molar-refractivity contribution in [2.45, 2.75) is 32.6 Å². The van der Waals surface area contributed by atoms with E-state index in [-0.39, 0.29) is 18.4 Å².